The molecule has 7 heteroatoms. The molecular formula is C14H14N4O3. The van der Waals surface area contributed by atoms with Gasteiger partial charge in [-0.25, -0.2) is 4.98 Å². The Morgan fingerprint density at radius 2 is 2.29 bits per heavy atom. The van der Waals surface area contributed by atoms with Crippen LogP contribution in [0.3, 0.4) is 0 Å². The van der Waals surface area contributed by atoms with Gasteiger partial charge < -0.3 is 14.3 Å². The van der Waals surface area contributed by atoms with Gasteiger partial charge >= 0.3 is 0 Å². The van der Waals surface area contributed by atoms with Gasteiger partial charge in [-0.2, -0.15) is 4.98 Å². The summed E-state index contributed by atoms with van der Waals surface area (Å²) >= 11 is 0. The van der Waals surface area contributed by atoms with Gasteiger partial charge in [0.05, 0.1) is 12.2 Å². The van der Waals surface area contributed by atoms with Gasteiger partial charge in [-0.05, 0) is 25.5 Å². The fraction of sp³-hybridized carbons (Fsp3) is 0.286. The van der Waals surface area contributed by atoms with Gasteiger partial charge in [-0.15, -0.1) is 0 Å². The first kappa shape index (κ1) is 13.3. The molecule has 3 aromatic heterocycles. The van der Waals surface area contributed by atoms with Crippen LogP contribution in [0.2, 0.25) is 0 Å². The fourth-order valence-corrected chi connectivity index (χ4v) is 2.08. The van der Waals surface area contributed by atoms with Crippen LogP contribution >= 0.6 is 0 Å². The zero-order valence-corrected chi connectivity index (χ0v) is 11.7. The summed E-state index contributed by atoms with van der Waals surface area (Å²) in [4.78, 5) is 20.5. The maximum Gasteiger partial charge on any atom is 0.257 e. The maximum absolute atomic E-state index is 12.2. The van der Waals surface area contributed by atoms with Gasteiger partial charge in [0.1, 0.15) is 11.3 Å². The highest BCUT2D eigenvalue weighted by Gasteiger charge is 2.19. The number of amides is 1. The quantitative estimate of drug-likeness (QED) is 0.788. The molecule has 0 saturated heterocycles. The summed E-state index contributed by atoms with van der Waals surface area (Å²) in [6.07, 6.45) is 2.27. The molecule has 21 heavy (non-hydrogen) atoms. The molecule has 1 amide bonds. The molecule has 0 atom stereocenters. The zero-order chi connectivity index (χ0) is 14.8. The standard InChI is InChI=1S/C14H14N4O3/c1-3-9-12(8(2)21-18-9)14(19)16-7-11-17-13-10(20-11)5-4-6-15-13/h4-6H,3,7H2,1-2H3,(H,16,19). The molecule has 1 N–H and O–H groups in total. The van der Waals surface area contributed by atoms with Gasteiger partial charge in [0.25, 0.3) is 5.91 Å². The summed E-state index contributed by atoms with van der Waals surface area (Å²) in [5, 5.41) is 6.62. The third kappa shape index (κ3) is 2.49. The first-order valence-corrected chi connectivity index (χ1v) is 6.62. The SMILES string of the molecule is CCc1noc(C)c1C(=O)NCc1nc2ncccc2o1. The Hall–Kier alpha value is -2.70. The first-order valence-electron chi connectivity index (χ1n) is 6.62. The van der Waals surface area contributed by atoms with Crippen LogP contribution in [0.5, 0.6) is 0 Å². The minimum atomic E-state index is -0.249. The number of oxazole rings is 1. The zero-order valence-electron chi connectivity index (χ0n) is 11.7. The van der Waals surface area contributed by atoms with Crippen molar-refractivity contribution in [1.82, 2.24) is 20.4 Å². The molecule has 0 spiro atoms. The van der Waals surface area contributed by atoms with Crippen molar-refractivity contribution in [2.45, 2.75) is 26.8 Å². The predicted octanol–water partition coefficient (Wildman–Crippen LogP) is 2.01. The summed E-state index contributed by atoms with van der Waals surface area (Å²) in [6.45, 7) is 3.81. The van der Waals surface area contributed by atoms with Gasteiger partial charge in [-0.3, -0.25) is 4.79 Å². The lowest BCUT2D eigenvalue weighted by Gasteiger charge is -2.02. The Morgan fingerprint density at radius 1 is 1.43 bits per heavy atom. The topological polar surface area (TPSA) is 94.1 Å². The monoisotopic (exact) mass is 286 g/mol. The Labute approximate surface area is 120 Å². The van der Waals surface area contributed by atoms with Crippen LogP contribution in [0.1, 0.15) is 34.6 Å². The van der Waals surface area contributed by atoms with Crippen LogP contribution in [0.4, 0.5) is 0 Å². The van der Waals surface area contributed by atoms with E-state index in [-0.39, 0.29) is 12.5 Å². The van der Waals surface area contributed by atoms with Crippen LogP contribution in [0, 0.1) is 6.92 Å². The van der Waals surface area contributed by atoms with Crippen molar-refractivity contribution in [3.63, 3.8) is 0 Å². The summed E-state index contributed by atoms with van der Waals surface area (Å²) in [5.41, 5.74) is 2.24. The van der Waals surface area contributed by atoms with E-state index in [9.17, 15) is 4.79 Å². The summed E-state index contributed by atoms with van der Waals surface area (Å²) < 4.78 is 10.5. The molecule has 0 radical (unpaired) electrons. The minimum absolute atomic E-state index is 0.183. The van der Waals surface area contributed by atoms with Crippen molar-refractivity contribution in [1.29, 1.82) is 0 Å². The fourth-order valence-electron chi connectivity index (χ4n) is 2.08. The Morgan fingerprint density at radius 3 is 3.05 bits per heavy atom. The second-order valence-electron chi connectivity index (χ2n) is 4.53. The molecule has 3 rings (SSSR count). The molecule has 0 aliphatic heterocycles. The lowest BCUT2D eigenvalue weighted by Crippen LogP contribution is -2.24. The van der Waals surface area contributed by atoms with E-state index < -0.39 is 0 Å². The van der Waals surface area contributed by atoms with Crippen molar-refractivity contribution in [2.24, 2.45) is 0 Å². The van der Waals surface area contributed by atoms with E-state index in [1.165, 1.54) is 0 Å². The van der Waals surface area contributed by atoms with Gasteiger partial charge in [0.15, 0.2) is 11.2 Å². The molecule has 0 aliphatic rings. The number of aromatic nitrogens is 3. The molecule has 0 aliphatic carbocycles. The molecule has 0 saturated carbocycles. The van der Waals surface area contributed by atoms with Crippen LogP contribution in [-0.4, -0.2) is 21.0 Å². The highest BCUT2D eigenvalue weighted by molar-refractivity contribution is 5.96. The predicted molar refractivity (Wildman–Crippen MR) is 73.6 cm³/mol. The lowest BCUT2D eigenvalue weighted by atomic mass is 10.1. The van der Waals surface area contributed by atoms with E-state index in [2.05, 4.69) is 20.4 Å². The van der Waals surface area contributed by atoms with E-state index in [0.29, 0.717) is 40.6 Å². The Kier molecular flexibility index (Phi) is 3.39. The molecule has 0 aromatic carbocycles. The van der Waals surface area contributed by atoms with Gasteiger partial charge in [0.2, 0.25) is 5.89 Å². The molecule has 7 nitrogen and oxygen atoms in total. The third-order valence-electron chi connectivity index (χ3n) is 3.10. The van der Waals surface area contributed by atoms with Gasteiger partial charge in [0, 0.05) is 6.20 Å². The van der Waals surface area contributed by atoms with Crippen LogP contribution in [-0.2, 0) is 13.0 Å². The van der Waals surface area contributed by atoms with E-state index in [0.717, 1.165) is 0 Å². The van der Waals surface area contributed by atoms with Gasteiger partial charge in [-0.1, -0.05) is 12.1 Å². The molecular weight excluding hydrogens is 272 g/mol. The molecule has 3 heterocycles. The second-order valence-corrected chi connectivity index (χ2v) is 4.53. The number of carbonyl (C=O) groups is 1. The lowest BCUT2D eigenvalue weighted by molar-refractivity contribution is 0.0945. The number of aryl methyl sites for hydroxylation is 2. The van der Waals surface area contributed by atoms with E-state index >= 15 is 0 Å². The molecule has 108 valence electrons. The number of fused-ring (bicyclic) bond motifs is 1. The highest BCUT2D eigenvalue weighted by Crippen LogP contribution is 2.15. The van der Waals surface area contributed by atoms with Crippen molar-refractivity contribution in [2.75, 3.05) is 0 Å². The van der Waals surface area contributed by atoms with Crippen molar-refractivity contribution < 1.29 is 13.7 Å². The average Bonchev–Trinajstić information content (AvgIpc) is 3.07. The van der Waals surface area contributed by atoms with E-state index in [1.54, 1.807) is 25.3 Å². The third-order valence-corrected chi connectivity index (χ3v) is 3.10. The number of hydrogen-bond acceptors (Lipinski definition) is 6. The minimum Gasteiger partial charge on any atom is -0.437 e. The molecule has 3 aromatic rings. The second kappa shape index (κ2) is 5.35. The number of nitrogens with zero attached hydrogens (tertiary/aromatic N) is 3. The number of pyridine rings is 1. The number of nitrogens with one attached hydrogen (secondary N) is 1. The molecule has 0 bridgehead atoms. The van der Waals surface area contributed by atoms with Crippen molar-refractivity contribution >= 4 is 17.1 Å². The van der Waals surface area contributed by atoms with E-state index in [1.807, 2.05) is 6.92 Å². The average molecular weight is 286 g/mol. The number of rotatable bonds is 4. The number of carbonyl (C=O) groups excluding carboxylic acids is 1. The summed E-state index contributed by atoms with van der Waals surface area (Å²) in [7, 11) is 0. The van der Waals surface area contributed by atoms with E-state index in [4.69, 9.17) is 8.94 Å². The first-order chi connectivity index (χ1) is 10.2. The van der Waals surface area contributed by atoms with Crippen LogP contribution in [0.25, 0.3) is 11.2 Å². The van der Waals surface area contributed by atoms with Crippen molar-refractivity contribution in [3.8, 4) is 0 Å². The Bertz CT molecular complexity index is 757. The largest absolute Gasteiger partial charge is 0.437 e. The Balaban J connectivity index is 1.75. The number of hydrogen-bond donors (Lipinski definition) is 1. The van der Waals surface area contributed by atoms with Crippen LogP contribution < -0.4 is 5.32 Å². The normalized spacial score (nSPS) is 11.0. The summed E-state index contributed by atoms with van der Waals surface area (Å²) in [6, 6.07) is 3.55. The van der Waals surface area contributed by atoms with Crippen molar-refractivity contribution in [3.05, 3.63) is 41.2 Å². The maximum atomic E-state index is 12.2. The smallest absolute Gasteiger partial charge is 0.257 e. The molecule has 0 fully saturated rings. The highest BCUT2D eigenvalue weighted by atomic mass is 16.5. The van der Waals surface area contributed by atoms with Crippen LogP contribution in [0.15, 0.2) is 27.3 Å². The summed E-state index contributed by atoms with van der Waals surface area (Å²) in [5.74, 6) is 0.661. The molecule has 0 unspecified atom stereocenters.